The molecule has 1 amide bonds. The molecular formula is C19H12F2N4O3S. The van der Waals surface area contributed by atoms with E-state index in [9.17, 15) is 23.7 Å². The van der Waals surface area contributed by atoms with Gasteiger partial charge in [-0.25, -0.2) is 13.8 Å². The lowest BCUT2D eigenvalue weighted by atomic mass is 10.1. The van der Waals surface area contributed by atoms with Crippen LogP contribution in [0.5, 0.6) is 0 Å². The molecule has 146 valence electrons. The van der Waals surface area contributed by atoms with Gasteiger partial charge < -0.3 is 5.32 Å². The largest absolute Gasteiger partial charge is 0.319 e. The Morgan fingerprint density at radius 1 is 1.24 bits per heavy atom. The first-order valence-corrected chi connectivity index (χ1v) is 9.15. The highest BCUT2D eigenvalue weighted by Gasteiger charge is 2.20. The van der Waals surface area contributed by atoms with Gasteiger partial charge in [0.05, 0.1) is 16.3 Å². The highest BCUT2D eigenvalue weighted by molar-refractivity contribution is 7.19. The zero-order valence-corrected chi connectivity index (χ0v) is 15.7. The van der Waals surface area contributed by atoms with Crippen molar-refractivity contribution in [2.75, 3.05) is 5.32 Å². The maximum atomic E-state index is 13.8. The molecule has 7 nitrogen and oxygen atoms in total. The number of benzene rings is 2. The monoisotopic (exact) mass is 414 g/mol. The maximum absolute atomic E-state index is 13.8. The zero-order chi connectivity index (χ0) is 20.7. The number of rotatable bonds is 4. The Hall–Kier alpha value is -3.66. The molecule has 29 heavy (non-hydrogen) atoms. The van der Waals surface area contributed by atoms with Gasteiger partial charge in [-0.15, -0.1) is 0 Å². The summed E-state index contributed by atoms with van der Waals surface area (Å²) in [6.07, 6.45) is 1.67. The molecule has 1 N–H and O–H groups in total. The van der Waals surface area contributed by atoms with E-state index < -0.39 is 22.5 Å². The van der Waals surface area contributed by atoms with Crippen LogP contribution in [0.15, 0.2) is 48.7 Å². The molecule has 0 unspecified atom stereocenters. The van der Waals surface area contributed by atoms with E-state index in [1.54, 1.807) is 29.7 Å². The van der Waals surface area contributed by atoms with Crippen LogP contribution in [0.4, 0.5) is 20.2 Å². The van der Waals surface area contributed by atoms with Crippen molar-refractivity contribution < 1.29 is 18.5 Å². The van der Waals surface area contributed by atoms with Crippen LogP contribution in [0.25, 0.3) is 16.2 Å². The van der Waals surface area contributed by atoms with Crippen LogP contribution >= 0.6 is 11.3 Å². The molecule has 0 aliphatic rings. The summed E-state index contributed by atoms with van der Waals surface area (Å²) in [5.41, 5.74) is 1.35. The molecule has 0 saturated heterocycles. The lowest BCUT2D eigenvalue weighted by molar-refractivity contribution is -0.384. The predicted molar refractivity (Wildman–Crippen MR) is 104 cm³/mol. The summed E-state index contributed by atoms with van der Waals surface area (Å²) in [5.74, 6) is -1.99. The van der Waals surface area contributed by atoms with Crippen LogP contribution in [0.1, 0.15) is 15.4 Å². The average molecular weight is 414 g/mol. The summed E-state index contributed by atoms with van der Waals surface area (Å²) in [6, 6.07) is 8.88. The molecule has 2 aromatic carbocycles. The highest BCUT2D eigenvalue weighted by Crippen LogP contribution is 2.29. The summed E-state index contributed by atoms with van der Waals surface area (Å²) in [5, 5.41) is 13.3. The van der Waals surface area contributed by atoms with Crippen LogP contribution in [0.3, 0.4) is 0 Å². The number of aryl methyl sites for hydroxylation is 1. The van der Waals surface area contributed by atoms with Crippen molar-refractivity contribution in [2.45, 2.75) is 6.92 Å². The predicted octanol–water partition coefficient (Wildman–Crippen LogP) is 4.81. The van der Waals surface area contributed by atoms with E-state index in [0.29, 0.717) is 26.8 Å². The Balaban J connectivity index is 1.66. The van der Waals surface area contributed by atoms with Gasteiger partial charge >= 0.3 is 0 Å². The van der Waals surface area contributed by atoms with E-state index in [1.807, 2.05) is 0 Å². The molecule has 0 spiro atoms. The quantitative estimate of drug-likeness (QED) is 0.383. The Labute approximate surface area is 166 Å². The van der Waals surface area contributed by atoms with E-state index >= 15 is 0 Å². The van der Waals surface area contributed by atoms with Gasteiger partial charge in [0, 0.05) is 35.7 Å². The molecule has 0 saturated carbocycles. The first kappa shape index (κ1) is 18.7. The van der Waals surface area contributed by atoms with Gasteiger partial charge in [-0.05, 0) is 19.1 Å². The van der Waals surface area contributed by atoms with Crippen molar-refractivity contribution in [1.29, 1.82) is 0 Å². The molecule has 2 aromatic heterocycles. The third-order valence-corrected chi connectivity index (χ3v) is 5.45. The molecule has 0 aliphatic heterocycles. The first-order valence-electron chi connectivity index (χ1n) is 8.33. The number of non-ortho nitro benzene ring substituents is 1. The van der Waals surface area contributed by atoms with Gasteiger partial charge in [-0.2, -0.15) is 0 Å². The molecule has 0 atom stereocenters. The fraction of sp³-hybridized carbons (Fsp3) is 0.0526. The van der Waals surface area contributed by atoms with Gasteiger partial charge in [-0.1, -0.05) is 23.5 Å². The number of anilines is 1. The van der Waals surface area contributed by atoms with Crippen LogP contribution in [-0.2, 0) is 0 Å². The van der Waals surface area contributed by atoms with Crippen molar-refractivity contribution >= 4 is 33.6 Å². The van der Waals surface area contributed by atoms with Crippen LogP contribution in [0, 0.1) is 28.7 Å². The summed E-state index contributed by atoms with van der Waals surface area (Å²) in [6.45, 7) is 1.69. The second kappa shape index (κ2) is 7.06. The minimum Gasteiger partial charge on any atom is -0.319 e. The van der Waals surface area contributed by atoms with E-state index in [4.69, 9.17) is 0 Å². The number of nitro groups is 1. The van der Waals surface area contributed by atoms with Crippen LogP contribution < -0.4 is 5.32 Å². The van der Waals surface area contributed by atoms with Gasteiger partial charge in [0.25, 0.3) is 11.6 Å². The molecule has 2 heterocycles. The van der Waals surface area contributed by atoms with Crippen molar-refractivity contribution in [2.24, 2.45) is 0 Å². The number of aromatic nitrogens is 2. The second-order valence-electron chi connectivity index (χ2n) is 6.18. The average Bonchev–Trinajstić information content (AvgIpc) is 3.24. The number of carbonyl (C=O) groups excluding carboxylic acids is 1. The third-order valence-electron chi connectivity index (χ3n) is 4.29. The molecule has 4 aromatic rings. The minimum atomic E-state index is -0.744. The number of amides is 1. The van der Waals surface area contributed by atoms with Crippen molar-refractivity contribution in [3.63, 3.8) is 0 Å². The van der Waals surface area contributed by atoms with E-state index in [0.717, 1.165) is 29.5 Å². The number of nitrogens with zero attached hydrogens (tertiary/aromatic N) is 3. The van der Waals surface area contributed by atoms with E-state index in [-0.39, 0.29) is 11.4 Å². The Kier molecular flexibility index (Phi) is 4.55. The number of fused-ring (bicyclic) bond motifs is 1. The second-order valence-corrected chi connectivity index (χ2v) is 7.16. The van der Waals surface area contributed by atoms with Crippen molar-refractivity contribution in [3.8, 4) is 11.3 Å². The molecule has 0 bridgehead atoms. The van der Waals surface area contributed by atoms with Crippen molar-refractivity contribution in [1.82, 2.24) is 9.38 Å². The number of carbonyl (C=O) groups is 1. The normalized spacial score (nSPS) is 11.0. The van der Waals surface area contributed by atoms with Gasteiger partial charge in [0.15, 0.2) is 4.96 Å². The Bertz CT molecular complexity index is 1280. The third kappa shape index (κ3) is 3.45. The lowest BCUT2D eigenvalue weighted by Crippen LogP contribution is -2.13. The van der Waals surface area contributed by atoms with E-state index in [1.165, 1.54) is 12.1 Å². The highest BCUT2D eigenvalue weighted by atomic mass is 32.1. The van der Waals surface area contributed by atoms with Gasteiger partial charge in [0.1, 0.15) is 16.5 Å². The fourth-order valence-corrected chi connectivity index (χ4v) is 3.86. The van der Waals surface area contributed by atoms with Gasteiger partial charge in [0.2, 0.25) is 0 Å². The van der Waals surface area contributed by atoms with Crippen molar-refractivity contribution in [3.05, 3.63) is 81.0 Å². The number of hydrogen-bond donors (Lipinski definition) is 1. The number of nitrogens with one attached hydrogen (secondary N) is 1. The molecule has 0 aliphatic carbocycles. The number of imidazole rings is 1. The Morgan fingerprint density at radius 2 is 2.03 bits per heavy atom. The number of nitro benzene ring substituents is 1. The number of halogens is 2. The first-order chi connectivity index (χ1) is 13.8. The summed E-state index contributed by atoms with van der Waals surface area (Å²) >= 11 is 1.08. The summed E-state index contributed by atoms with van der Waals surface area (Å²) in [7, 11) is 0. The minimum absolute atomic E-state index is 0.0484. The number of hydrogen-bond acceptors (Lipinski definition) is 5. The summed E-state index contributed by atoms with van der Waals surface area (Å²) in [4.78, 5) is 28.2. The molecule has 10 heteroatoms. The Morgan fingerprint density at radius 3 is 2.76 bits per heavy atom. The lowest BCUT2D eigenvalue weighted by Gasteiger charge is -2.05. The molecule has 0 fully saturated rings. The van der Waals surface area contributed by atoms with Gasteiger partial charge in [-0.3, -0.25) is 19.3 Å². The molecule has 0 radical (unpaired) electrons. The van der Waals surface area contributed by atoms with Crippen LogP contribution in [-0.4, -0.2) is 20.2 Å². The maximum Gasteiger partial charge on any atom is 0.270 e. The number of thiazole rings is 1. The standard InChI is InChI=1S/C19H12F2N4O3S/c1-10-17(18(26)22-15-8-12(20)5-6-14(15)21)29-19-23-16(9-24(10)19)11-3-2-4-13(7-11)25(27)28/h2-9H,1H3,(H,22,26). The topological polar surface area (TPSA) is 89.5 Å². The zero-order valence-electron chi connectivity index (χ0n) is 14.8. The summed E-state index contributed by atoms with van der Waals surface area (Å²) < 4.78 is 28.8. The van der Waals surface area contributed by atoms with E-state index in [2.05, 4.69) is 10.3 Å². The fourth-order valence-electron chi connectivity index (χ4n) is 2.85. The van der Waals surface area contributed by atoms with Crippen LogP contribution in [0.2, 0.25) is 0 Å². The smallest absolute Gasteiger partial charge is 0.270 e. The SMILES string of the molecule is Cc1c(C(=O)Nc2cc(F)ccc2F)sc2nc(-c3cccc([N+](=O)[O-])c3)cn12. The molecular weight excluding hydrogens is 402 g/mol. The molecule has 4 rings (SSSR count).